The van der Waals surface area contributed by atoms with Crippen molar-refractivity contribution >= 4 is 29.9 Å². The van der Waals surface area contributed by atoms with E-state index in [0.717, 1.165) is 38.1 Å². The Labute approximate surface area is 202 Å². The SMILES string of the molecule is CN=C(NCC1CCN(CCOC)CC1)NCC1(N2CCCCC2)CCCCC1.I. The Hall–Kier alpha value is -0.120. The Morgan fingerprint density at radius 3 is 2.27 bits per heavy atom. The lowest BCUT2D eigenvalue weighted by Crippen LogP contribution is -2.59. The minimum absolute atomic E-state index is 0. The van der Waals surface area contributed by atoms with Gasteiger partial charge in [0.2, 0.25) is 0 Å². The number of rotatable bonds is 8. The third-order valence-corrected chi connectivity index (χ3v) is 7.50. The maximum absolute atomic E-state index is 5.21. The molecule has 3 fully saturated rings. The lowest BCUT2D eigenvalue weighted by molar-refractivity contribution is 0.0368. The molecule has 0 aromatic carbocycles. The second kappa shape index (κ2) is 14.1. The molecule has 6 nitrogen and oxygen atoms in total. The van der Waals surface area contributed by atoms with Crippen molar-refractivity contribution in [2.45, 2.75) is 69.7 Å². The molecule has 176 valence electrons. The molecule has 3 aliphatic rings. The van der Waals surface area contributed by atoms with E-state index in [-0.39, 0.29) is 24.0 Å². The summed E-state index contributed by atoms with van der Waals surface area (Å²) >= 11 is 0. The Morgan fingerprint density at radius 1 is 0.967 bits per heavy atom. The number of nitrogens with zero attached hydrogens (tertiary/aromatic N) is 3. The van der Waals surface area contributed by atoms with Crippen LogP contribution in [0.1, 0.15) is 64.2 Å². The normalized spacial score (nSPS) is 24.3. The molecule has 1 aliphatic carbocycles. The van der Waals surface area contributed by atoms with Crippen molar-refractivity contribution < 1.29 is 4.74 Å². The number of ether oxygens (including phenoxy) is 1. The van der Waals surface area contributed by atoms with Crippen LogP contribution in [0.4, 0.5) is 0 Å². The average molecular weight is 536 g/mol. The van der Waals surface area contributed by atoms with Gasteiger partial charge in [0.25, 0.3) is 0 Å². The van der Waals surface area contributed by atoms with E-state index in [1.807, 2.05) is 7.05 Å². The number of aliphatic imine (C=N–C) groups is 1. The summed E-state index contributed by atoms with van der Waals surface area (Å²) in [7, 11) is 3.70. The molecular formula is C23H46IN5O. The van der Waals surface area contributed by atoms with Crippen LogP contribution in [0.3, 0.4) is 0 Å². The first-order valence-electron chi connectivity index (χ1n) is 12.2. The van der Waals surface area contributed by atoms with Gasteiger partial charge in [-0.05, 0) is 70.6 Å². The Kier molecular flexibility index (Phi) is 12.3. The molecule has 7 heteroatoms. The minimum Gasteiger partial charge on any atom is -0.383 e. The number of nitrogens with one attached hydrogen (secondary N) is 2. The first-order chi connectivity index (χ1) is 14.3. The highest BCUT2D eigenvalue weighted by Crippen LogP contribution is 2.35. The van der Waals surface area contributed by atoms with Crippen molar-refractivity contribution in [3.63, 3.8) is 0 Å². The highest BCUT2D eigenvalue weighted by atomic mass is 127. The van der Waals surface area contributed by atoms with E-state index < -0.39 is 0 Å². The number of halogens is 1. The minimum atomic E-state index is 0. The van der Waals surface area contributed by atoms with Gasteiger partial charge in [0.15, 0.2) is 5.96 Å². The molecular weight excluding hydrogens is 489 g/mol. The summed E-state index contributed by atoms with van der Waals surface area (Å²) in [5.41, 5.74) is 0.350. The predicted molar refractivity (Wildman–Crippen MR) is 137 cm³/mol. The van der Waals surface area contributed by atoms with Crippen LogP contribution in [0.25, 0.3) is 0 Å². The van der Waals surface area contributed by atoms with E-state index in [0.29, 0.717) is 5.54 Å². The number of hydrogen-bond acceptors (Lipinski definition) is 4. The highest BCUT2D eigenvalue weighted by molar-refractivity contribution is 14.0. The lowest BCUT2D eigenvalue weighted by atomic mass is 9.79. The van der Waals surface area contributed by atoms with Crippen molar-refractivity contribution in [2.24, 2.45) is 10.9 Å². The molecule has 2 aliphatic heterocycles. The van der Waals surface area contributed by atoms with E-state index in [9.17, 15) is 0 Å². The zero-order chi connectivity index (χ0) is 20.4. The van der Waals surface area contributed by atoms with Crippen molar-refractivity contribution in [3.05, 3.63) is 0 Å². The summed E-state index contributed by atoms with van der Waals surface area (Å²) in [6, 6.07) is 0. The summed E-state index contributed by atoms with van der Waals surface area (Å²) in [6.07, 6.45) is 13.6. The van der Waals surface area contributed by atoms with E-state index in [4.69, 9.17) is 4.74 Å². The van der Waals surface area contributed by atoms with E-state index in [1.165, 1.54) is 90.4 Å². The Morgan fingerprint density at radius 2 is 1.63 bits per heavy atom. The van der Waals surface area contributed by atoms with Crippen LogP contribution in [0.15, 0.2) is 4.99 Å². The molecule has 0 aromatic rings. The molecule has 2 N–H and O–H groups in total. The Balaban J connectivity index is 0.00000320. The molecule has 1 saturated carbocycles. The smallest absolute Gasteiger partial charge is 0.191 e. The van der Waals surface area contributed by atoms with Gasteiger partial charge in [-0.15, -0.1) is 24.0 Å². The van der Waals surface area contributed by atoms with Gasteiger partial charge in [-0.2, -0.15) is 0 Å². The molecule has 2 saturated heterocycles. The van der Waals surface area contributed by atoms with E-state index >= 15 is 0 Å². The second-order valence-corrected chi connectivity index (χ2v) is 9.42. The van der Waals surface area contributed by atoms with Crippen LogP contribution in [-0.4, -0.2) is 87.9 Å². The number of likely N-dealkylation sites (tertiary alicyclic amines) is 2. The van der Waals surface area contributed by atoms with Crippen LogP contribution in [0.2, 0.25) is 0 Å². The fraction of sp³-hybridized carbons (Fsp3) is 0.957. The van der Waals surface area contributed by atoms with Gasteiger partial charge in [0.05, 0.1) is 6.61 Å². The highest BCUT2D eigenvalue weighted by Gasteiger charge is 2.38. The fourth-order valence-corrected chi connectivity index (χ4v) is 5.53. The van der Waals surface area contributed by atoms with Gasteiger partial charge in [0, 0.05) is 39.3 Å². The number of guanidine groups is 1. The molecule has 2 heterocycles. The number of piperidine rings is 2. The Bertz CT molecular complexity index is 484. The van der Waals surface area contributed by atoms with Gasteiger partial charge in [-0.3, -0.25) is 9.89 Å². The molecule has 0 bridgehead atoms. The molecule has 0 radical (unpaired) electrons. The summed E-state index contributed by atoms with van der Waals surface area (Å²) < 4.78 is 5.21. The van der Waals surface area contributed by atoms with Gasteiger partial charge in [-0.1, -0.05) is 25.7 Å². The van der Waals surface area contributed by atoms with Crippen LogP contribution in [0.5, 0.6) is 0 Å². The number of hydrogen-bond donors (Lipinski definition) is 2. The van der Waals surface area contributed by atoms with E-state index in [1.54, 1.807) is 7.11 Å². The third-order valence-electron chi connectivity index (χ3n) is 7.50. The lowest BCUT2D eigenvalue weighted by Gasteiger charge is -2.48. The van der Waals surface area contributed by atoms with E-state index in [2.05, 4.69) is 25.4 Å². The summed E-state index contributed by atoms with van der Waals surface area (Å²) in [6.45, 7) is 8.96. The van der Waals surface area contributed by atoms with Gasteiger partial charge >= 0.3 is 0 Å². The largest absolute Gasteiger partial charge is 0.383 e. The third kappa shape index (κ3) is 7.78. The van der Waals surface area contributed by atoms with Gasteiger partial charge in [0.1, 0.15) is 0 Å². The maximum atomic E-state index is 5.21. The fourth-order valence-electron chi connectivity index (χ4n) is 5.53. The zero-order valence-corrected chi connectivity index (χ0v) is 21.8. The molecule has 0 spiro atoms. The van der Waals surface area contributed by atoms with Crippen LogP contribution >= 0.6 is 24.0 Å². The number of methoxy groups -OCH3 is 1. The standard InChI is InChI=1S/C23H45N5O.HI/c1-24-22(25-19-21-9-15-27(16-10-21)17-18-29-2)26-20-23(11-5-3-6-12-23)28-13-7-4-8-14-28;/h21H,3-20H2,1-2H3,(H2,24,25,26);1H. The van der Waals surface area contributed by atoms with Gasteiger partial charge in [-0.25, -0.2) is 0 Å². The first kappa shape index (κ1) is 26.1. The first-order valence-corrected chi connectivity index (χ1v) is 12.2. The maximum Gasteiger partial charge on any atom is 0.191 e. The summed E-state index contributed by atoms with van der Waals surface area (Å²) in [5, 5.41) is 7.36. The molecule has 0 aromatic heterocycles. The molecule has 30 heavy (non-hydrogen) atoms. The van der Waals surface area contributed by atoms with Gasteiger partial charge < -0.3 is 20.3 Å². The second-order valence-electron chi connectivity index (χ2n) is 9.42. The average Bonchev–Trinajstić information content (AvgIpc) is 2.80. The van der Waals surface area contributed by atoms with Crippen LogP contribution in [-0.2, 0) is 4.74 Å². The molecule has 3 rings (SSSR count). The molecule has 0 amide bonds. The molecule has 0 atom stereocenters. The van der Waals surface area contributed by atoms with Crippen molar-refractivity contribution in [1.29, 1.82) is 0 Å². The van der Waals surface area contributed by atoms with Crippen molar-refractivity contribution in [2.75, 3.05) is 66.6 Å². The zero-order valence-electron chi connectivity index (χ0n) is 19.5. The molecule has 0 unspecified atom stereocenters. The van der Waals surface area contributed by atoms with Crippen molar-refractivity contribution in [3.8, 4) is 0 Å². The summed E-state index contributed by atoms with van der Waals surface area (Å²) in [5.74, 6) is 1.74. The topological polar surface area (TPSA) is 52.1 Å². The quantitative estimate of drug-likeness (QED) is 0.284. The predicted octanol–water partition coefficient (Wildman–Crippen LogP) is 3.32. The summed E-state index contributed by atoms with van der Waals surface area (Å²) in [4.78, 5) is 9.88. The monoisotopic (exact) mass is 535 g/mol. The van der Waals surface area contributed by atoms with Crippen molar-refractivity contribution in [1.82, 2.24) is 20.4 Å². The van der Waals surface area contributed by atoms with Crippen LogP contribution < -0.4 is 10.6 Å². The van der Waals surface area contributed by atoms with Crippen LogP contribution in [0, 0.1) is 5.92 Å².